The van der Waals surface area contributed by atoms with Crippen molar-refractivity contribution >= 4 is 37.5 Å². The van der Waals surface area contributed by atoms with Crippen LogP contribution in [0, 0.1) is 0 Å². The first-order valence-corrected chi connectivity index (χ1v) is 11.4. The molecule has 0 atom stereocenters. The third kappa shape index (κ3) is 3.99. The van der Waals surface area contributed by atoms with E-state index >= 15 is 0 Å². The van der Waals surface area contributed by atoms with Crippen LogP contribution < -0.4 is 0 Å². The lowest BCUT2D eigenvalue weighted by Crippen LogP contribution is -2.12. The van der Waals surface area contributed by atoms with E-state index in [1.54, 1.807) is 18.3 Å². The largest absolute Gasteiger partial charge is 0.449 e. The molecule has 4 aromatic rings. The average molecular weight is 486 g/mol. The fraction of sp³-hybridized carbons (Fsp3) is 0.0952. The zero-order valence-corrected chi connectivity index (χ0v) is 18.2. The van der Waals surface area contributed by atoms with Crippen LogP contribution in [0.15, 0.2) is 76.4 Å². The van der Waals surface area contributed by atoms with E-state index < -0.39 is 21.7 Å². The number of nitrogens with zero attached hydrogens (tertiary/aromatic N) is 3. The molecule has 0 radical (unpaired) electrons. The molecule has 0 N–H and O–H groups in total. The molecule has 0 aliphatic carbocycles. The Bertz CT molecular complexity index is 1330. The summed E-state index contributed by atoms with van der Waals surface area (Å²) in [5, 5.41) is 0. The molecule has 0 aliphatic rings. The maximum absolute atomic E-state index is 12.3. The van der Waals surface area contributed by atoms with E-state index in [0.717, 1.165) is 21.3 Å². The molecule has 7 nitrogen and oxygen atoms in total. The molecule has 0 saturated carbocycles. The lowest BCUT2D eigenvalue weighted by molar-refractivity contribution is -0.138. The first-order valence-electron chi connectivity index (χ1n) is 8.91. The number of carbonyl (C=O) groups excluding carboxylic acids is 1. The van der Waals surface area contributed by atoms with Crippen LogP contribution in [-0.4, -0.2) is 34.7 Å². The molecule has 0 unspecified atom stereocenters. The van der Waals surface area contributed by atoms with Gasteiger partial charge in [0.2, 0.25) is 15.6 Å². The second-order valence-corrected chi connectivity index (χ2v) is 9.35. The van der Waals surface area contributed by atoms with Crippen molar-refractivity contribution in [1.29, 1.82) is 0 Å². The van der Waals surface area contributed by atoms with E-state index in [4.69, 9.17) is 0 Å². The Balaban J connectivity index is 1.79. The number of ether oxygens (including phenoxy) is 1. The van der Waals surface area contributed by atoms with Crippen molar-refractivity contribution in [3.05, 3.63) is 71.5 Å². The second-order valence-electron chi connectivity index (χ2n) is 6.50. The molecular weight excluding hydrogens is 470 g/mol. The molecule has 0 bridgehead atoms. The molecule has 0 saturated heterocycles. The Kier molecular flexibility index (Phi) is 5.40. The summed E-state index contributed by atoms with van der Waals surface area (Å²) in [6, 6.07) is 16.0. The molecule has 0 fully saturated rings. The Labute approximate surface area is 181 Å². The second kappa shape index (κ2) is 8.00. The molecule has 152 valence electrons. The highest BCUT2D eigenvalue weighted by Crippen LogP contribution is 2.33. The summed E-state index contributed by atoms with van der Waals surface area (Å²) in [7, 11) is -3.73. The minimum Gasteiger partial charge on any atom is -0.449 e. The monoisotopic (exact) mass is 485 g/mol. The van der Waals surface area contributed by atoms with Crippen molar-refractivity contribution in [3.63, 3.8) is 0 Å². The van der Waals surface area contributed by atoms with E-state index in [9.17, 15) is 13.2 Å². The van der Waals surface area contributed by atoms with Crippen LogP contribution in [0.2, 0.25) is 0 Å². The highest BCUT2D eigenvalue weighted by Gasteiger charge is 2.19. The third-order valence-electron chi connectivity index (χ3n) is 4.43. The standard InChI is InChI=1S/C21H16BrN3O4S/c1-14(26)29-13-30(27,28)18-9-5-15(6-10-18)19-20(16-3-7-17(22)8-4-16)25-12-2-11-23-21(25)24-19/h2-12H,13H2,1H3. The Morgan fingerprint density at radius 1 is 1.07 bits per heavy atom. The minimum absolute atomic E-state index is 0.0691. The predicted octanol–water partition coefficient (Wildman–Crippen LogP) is 4.12. The Hall–Kier alpha value is -3.04. The normalized spacial score (nSPS) is 11.5. The number of hydrogen-bond acceptors (Lipinski definition) is 6. The van der Waals surface area contributed by atoms with Crippen LogP contribution in [0.1, 0.15) is 6.92 Å². The van der Waals surface area contributed by atoms with Crippen molar-refractivity contribution < 1.29 is 17.9 Å². The zero-order chi connectivity index (χ0) is 21.3. The molecule has 30 heavy (non-hydrogen) atoms. The van der Waals surface area contributed by atoms with Gasteiger partial charge in [-0.2, -0.15) is 0 Å². The van der Waals surface area contributed by atoms with Gasteiger partial charge < -0.3 is 4.74 Å². The van der Waals surface area contributed by atoms with Crippen molar-refractivity contribution in [1.82, 2.24) is 14.4 Å². The number of carbonyl (C=O) groups is 1. The Morgan fingerprint density at radius 2 is 1.73 bits per heavy atom. The van der Waals surface area contributed by atoms with Crippen molar-refractivity contribution in [2.75, 3.05) is 5.94 Å². The first kappa shape index (κ1) is 20.2. The topological polar surface area (TPSA) is 90.6 Å². The number of aromatic nitrogens is 3. The van der Waals surface area contributed by atoms with Crippen molar-refractivity contribution in [2.45, 2.75) is 11.8 Å². The molecule has 2 heterocycles. The van der Waals surface area contributed by atoms with Gasteiger partial charge in [-0.05, 0) is 30.3 Å². The van der Waals surface area contributed by atoms with Gasteiger partial charge in [0, 0.05) is 34.9 Å². The fourth-order valence-corrected chi connectivity index (χ4v) is 4.29. The van der Waals surface area contributed by atoms with Crippen LogP contribution >= 0.6 is 15.9 Å². The van der Waals surface area contributed by atoms with E-state index in [0.29, 0.717) is 11.5 Å². The van der Waals surface area contributed by atoms with Crippen LogP contribution in [-0.2, 0) is 19.4 Å². The summed E-state index contributed by atoms with van der Waals surface area (Å²) in [5.74, 6) is -0.798. The van der Waals surface area contributed by atoms with Gasteiger partial charge in [-0.15, -0.1) is 0 Å². The fourth-order valence-electron chi connectivity index (χ4n) is 3.02. The summed E-state index contributed by atoms with van der Waals surface area (Å²) in [5.41, 5.74) is 3.21. The maximum atomic E-state index is 12.3. The highest BCUT2D eigenvalue weighted by molar-refractivity contribution is 9.10. The lowest BCUT2D eigenvalue weighted by Gasteiger charge is -2.08. The van der Waals surface area contributed by atoms with E-state index in [2.05, 4.69) is 30.6 Å². The van der Waals surface area contributed by atoms with Gasteiger partial charge in [0.15, 0.2) is 5.94 Å². The van der Waals surface area contributed by atoms with E-state index in [-0.39, 0.29) is 4.90 Å². The molecule has 0 spiro atoms. The number of halogens is 1. The van der Waals surface area contributed by atoms with Crippen molar-refractivity contribution in [2.24, 2.45) is 0 Å². The number of imidazole rings is 1. The van der Waals surface area contributed by atoms with Crippen LogP contribution in [0.3, 0.4) is 0 Å². The van der Waals surface area contributed by atoms with Gasteiger partial charge in [-0.25, -0.2) is 18.4 Å². The number of hydrogen-bond donors (Lipinski definition) is 0. The van der Waals surface area contributed by atoms with Crippen LogP contribution in [0.5, 0.6) is 0 Å². The third-order valence-corrected chi connectivity index (χ3v) is 6.37. The van der Waals surface area contributed by atoms with E-state index in [1.807, 2.05) is 40.9 Å². The summed E-state index contributed by atoms with van der Waals surface area (Å²) < 4.78 is 32.2. The summed E-state index contributed by atoms with van der Waals surface area (Å²) in [6.07, 6.45) is 3.55. The van der Waals surface area contributed by atoms with Gasteiger partial charge in [-0.3, -0.25) is 9.20 Å². The Morgan fingerprint density at radius 3 is 2.40 bits per heavy atom. The van der Waals surface area contributed by atoms with Gasteiger partial charge in [0.25, 0.3) is 0 Å². The van der Waals surface area contributed by atoms with Crippen LogP contribution in [0.25, 0.3) is 28.3 Å². The van der Waals surface area contributed by atoms with Gasteiger partial charge >= 0.3 is 5.97 Å². The summed E-state index contributed by atoms with van der Waals surface area (Å²) in [6.45, 7) is 1.17. The van der Waals surface area contributed by atoms with Crippen LogP contribution in [0.4, 0.5) is 0 Å². The zero-order valence-electron chi connectivity index (χ0n) is 15.8. The molecule has 0 aliphatic heterocycles. The van der Waals surface area contributed by atoms with Gasteiger partial charge in [-0.1, -0.05) is 40.2 Å². The molecule has 2 aromatic carbocycles. The molecule has 2 aromatic heterocycles. The molecular formula is C21H16BrN3O4S. The smallest absolute Gasteiger partial charge is 0.303 e. The molecule has 0 amide bonds. The summed E-state index contributed by atoms with van der Waals surface area (Å²) in [4.78, 5) is 20.0. The predicted molar refractivity (Wildman–Crippen MR) is 115 cm³/mol. The first-order chi connectivity index (χ1) is 14.3. The lowest BCUT2D eigenvalue weighted by atomic mass is 10.1. The highest BCUT2D eigenvalue weighted by atomic mass is 79.9. The number of rotatable bonds is 5. The molecule has 4 rings (SSSR count). The maximum Gasteiger partial charge on any atom is 0.303 e. The number of benzene rings is 2. The van der Waals surface area contributed by atoms with E-state index in [1.165, 1.54) is 19.1 Å². The number of sulfone groups is 1. The van der Waals surface area contributed by atoms with Gasteiger partial charge in [0.05, 0.1) is 16.3 Å². The minimum atomic E-state index is -3.73. The average Bonchev–Trinajstić information content (AvgIpc) is 3.13. The molecule has 9 heteroatoms. The summed E-state index contributed by atoms with van der Waals surface area (Å²) >= 11 is 3.45. The number of esters is 1. The quantitative estimate of drug-likeness (QED) is 0.395. The van der Waals surface area contributed by atoms with Gasteiger partial charge in [0.1, 0.15) is 0 Å². The number of fused-ring (bicyclic) bond motifs is 1. The van der Waals surface area contributed by atoms with Crippen molar-refractivity contribution in [3.8, 4) is 22.5 Å². The SMILES string of the molecule is CC(=O)OCS(=O)(=O)c1ccc(-c2nc3ncccn3c2-c2ccc(Br)cc2)cc1.